The van der Waals surface area contributed by atoms with E-state index in [0.717, 1.165) is 0 Å². The molecule has 8 heteroatoms. The zero-order chi connectivity index (χ0) is 21.2. The summed E-state index contributed by atoms with van der Waals surface area (Å²) in [6, 6.07) is 15.5. The van der Waals surface area contributed by atoms with Crippen LogP contribution in [0.4, 0.5) is 0 Å². The Morgan fingerprint density at radius 1 is 0.897 bits per heavy atom. The minimum absolute atomic E-state index is 0.161. The number of carbonyl (C=O) groups excluding carboxylic acids is 2. The standard InChI is InChI=1S/C21H20N2O6/c24-18(25)12-11-16(21(28)29)22-20(27)17(13-14-7-3-1-4-8-14)23-19(26)15-9-5-2-6-10-15/h1-10,13,16H,11-12H2,(H,22,27)(H,23,26)(H,24,25)(H,28,29)/b17-13-. The van der Waals surface area contributed by atoms with Gasteiger partial charge >= 0.3 is 11.9 Å². The molecule has 0 fully saturated rings. The van der Waals surface area contributed by atoms with Gasteiger partial charge in [-0.1, -0.05) is 48.5 Å². The SMILES string of the molecule is O=C(O)CCC(NC(=O)/C(=C/c1ccccc1)NC(=O)c1ccccc1)C(=O)O. The van der Waals surface area contributed by atoms with Crippen molar-refractivity contribution in [3.05, 3.63) is 77.5 Å². The van der Waals surface area contributed by atoms with Gasteiger partial charge in [0.25, 0.3) is 11.8 Å². The van der Waals surface area contributed by atoms with E-state index < -0.39 is 36.2 Å². The molecule has 150 valence electrons. The van der Waals surface area contributed by atoms with Gasteiger partial charge in [0.2, 0.25) is 0 Å². The Bertz CT molecular complexity index is 909. The predicted octanol–water partition coefficient (Wildman–Crippen LogP) is 1.89. The molecule has 8 nitrogen and oxygen atoms in total. The Hall–Kier alpha value is -3.94. The van der Waals surface area contributed by atoms with Crippen molar-refractivity contribution in [3.8, 4) is 0 Å². The lowest BCUT2D eigenvalue weighted by molar-refractivity contribution is -0.142. The van der Waals surface area contributed by atoms with Gasteiger partial charge in [-0.2, -0.15) is 0 Å². The largest absolute Gasteiger partial charge is 0.481 e. The molecule has 0 heterocycles. The highest BCUT2D eigenvalue weighted by atomic mass is 16.4. The Morgan fingerprint density at radius 3 is 2.03 bits per heavy atom. The molecule has 29 heavy (non-hydrogen) atoms. The van der Waals surface area contributed by atoms with Crippen molar-refractivity contribution in [1.29, 1.82) is 0 Å². The Labute approximate surface area is 166 Å². The van der Waals surface area contributed by atoms with E-state index in [1.807, 2.05) is 0 Å². The predicted molar refractivity (Wildman–Crippen MR) is 105 cm³/mol. The maximum absolute atomic E-state index is 12.7. The maximum atomic E-state index is 12.7. The Morgan fingerprint density at radius 2 is 1.48 bits per heavy atom. The molecule has 0 aliphatic heterocycles. The maximum Gasteiger partial charge on any atom is 0.326 e. The van der Waals surface area contributed by atoms with Crippen molar-refractivity contribution in [2.24, 2.45) is 0 Å². The van der Waals surface area contributed by atoms with E-state index in [1.165, 1.54) is 6.08 Å². The molecule has 1 unspecified atom stereocenters. The van der Waals surface area contributed by atoms with Crippen LogP contribution in [-0.4, -0.2) is 40.0 Å². The number of rotatable bonds is 9. The van der Waals surface area contributed by atoms with Crippen LogP contribution < -0.4 is 10.6 Å². The first-order valence-corrected chi connectivity index (χ1v) is 8.75. The number of aliphatic carboxylic acids is 2. The van der Waals surface area contributed by atoms with Crippen molar-refractivity contribution >= 4 is 29.8 Å². The van der Waals surface area contributed by atoms with E-state index >= 15 is 0 Å². The van der Waals surface area contributed by atoms with E-state index in [1.54, 1.807) is 60.7 Å². The Balaban J connectivity index is 2.25. The monoisotopic (exact) mass is 396 g/mol. The van der Waals surface area contributed by atoms with E-state index in [2.05, 4.69) is 10.6 Å². The fraction of sp³-hybridized carbons (Fsp3) is 0.143. The fourth-order valence-corrected chi connectivity index (χ4v) is 2.42. The topological polar surface area (TPSA) is 133 Å². The van der Waals surface area contributed by atoms with Gasteiger partial charge in [0.05, 0.1) is 0 Å². The van der Waals surface area contributed by atoms with Gasteiger partial charge in [0.15, 0.2) is 0 Å². The molecule has 1 atom stereocenters. The van der Waals surface area contributed by atoms with Crippen LogP contribution in [0.5, 0.6) is 0 Å². The van der Waals surface area contributed by atoms with Crippen LogP contribution in [-0.2, 0) is 14.4 Å². The lowest BCUT2D eigenvalue weighted by Crippen LogP contribution is -2.44. The van der Waals surface area contributed by atoms with E-state index in [9.17, 15) is 24.3 Å². The molecule has 2 rings (SSSR count). The molecule has 2 aromatic rings. The summed E-state index contributed by atoms with van der Waals surface area (Å²) < 4.78 is 0. The molecule has 2 aromatic carbocycles. The molecule has 0 aliphatic rings. The van der Waals surface area contributed by atoms with Crippen LogP contribution in [0.2, 0.25) is 0 Å². The molecule has 0 saturated carbocycles. The number of hydrogen-bond donors (Lipinski definition) is 4. The van der Waals surface area contributed by atoms with E-state index in [-0.39, 0.29) is 12.1 Å². The molecular formula is C21H20N2O6. The summed E-state index contributed by atoms with van der Waals surface area (Å²) in [6.45, 7) is 0. The number of benzene rings is 2. The second kappa shape index (κ2) is 10.4. The summed E-state index contributed by atoms with van der Waals surface area (Å²) >= 11 is 0. The first-order valence-electron chi connectivity index (χ1n) is 8.75. The highest BCUT2D eigenvalue weighted by Gasteiger charge is 2.23. The summed E-state index contributed by atoms with van der Waals surface area (Å²) in [4.78, 5) is 47.2. The number of nitrogens with one attached hydrogen (secondary N) is 2. The van der Waals surface area contributed by atoms with Gasteiger partial charge in [-0.3, -0.25) is 14.4 Å². The third-order valence-electron chi connectivity index (χ3n) is 3.89. The van der Waals surface area contributed by atoms with Gasteiger partial charge in [0.1, 0.15) is 11.7 Å². The summed E-state index contributed by atoms with van der Waals surface area (Å²) in [5.74, 6) is -3.92. The highest BCUT2D eigenvalue weighted by molar-refractivity contribution is 6.06. The average molecular weight is 396 g/mol. The number of carbonyl (C=O) groups is 4. The van der Waals surface area contributed by atoms with Crippen molar-refractivity contribution in [2.45, 2.75) is 18.9 Å². The van der Waals surface area contributed by atoms with Crippen LogP contribution in [0.1, 0.15) is 28.8 Å². The van der Waals surface area contributed by atoms with Crippen LogP contribution in [0.25, 0.3) is 6.08 Å². The number of carboxylic acids is 2. The van der Waals surface area contributed by atoms with Crippen molar-refractivity contribution < 1.29 is 29.4 Å². The minimum Gasteiger partial charge on any atom is -0.481 e. The summed E-state index contributed by atoms with van der Waals surface area (Å²) in [6.07, 6.45) is 0.694. The Kier molecular flexibility index (Phi) is 7.67. The smallest absolute Gasteiger partial charge is 0.326 e. The van der Waals surface area contributed by atoms with Crippen LogP contribution in [0.3, 0.4) is 0 Å². The first-order chi connectivity index (χ1) is 13.9. The summed E-state index contributed by atoms with van der Waals surface area (Å²) in [5.41, 5.74) is 0.773. The second-order valence-corrected chi connectivity index (χ2v) is 6.09. The average Bonchev–Trinajstić information content (AvgIpc) is 2.71. The van der Waals surface area contributed by atoms with Crippen molar-refractivity contribution in [1.82, 2.24) is 10.6 Å². The fourth-order valence-electron chi connectivity index (χ4n) is 2.42. The highest BCUT2D eigenvalue weighted by Crippen LogP contribution is 2.08. The number of carboxylic acid groups (broad SMARTS) is 2. The summed E-state index contributed by atoms with van der Waals surface area (Å²) in [5, 5.41) is 22.8. The molecule has 0 radical (unpaired) electrons. The van der Waals surface area contributed by atoms with Gasteiger partial charge < -0.3 is 20.8 Å². The van der Waals surface area contributed by atoms with Crippen LogP contribution in [0, 0.1) is 0 Å². The lowest BCUT2D eigenvalue weighted by Gasteiger charge is -2.16. The third-order valence-corrected chi connectivity index (χ3v) is 3.89. The number of amides is 2. The second-order valence-electron chi connectivity index (χ2n) is 6.09. The first kappa shape index (κ1) is 21.4. The molecule has 0 aromatic heterocycles. The number of hydrogen-bond acceptors (Lipinski definition) is 4. The molecular weight excluding hydrogens is 376 g/mol. The minimum atomic E-state index is -1.41. The molecule has 2 amide bonds. The van der Waals surface area contributed by atoms with Gasteiger partial charge in [-0.25, -0.2) is 4.79 Å². The molecule has 0 aliphatic carbocycles. The lowest BCUT2D eigenvalue weighted by atomic mass is 10.1. The van der Waals surface area contributed by atoms with Gasteiger partial charge in [0, 0.05) is 12.0 Å². The van der Waals surface area contributed by atoms with Crippen molar-refractivity contribution in [3.63, 3.8) is 0 Å². The van der Waals surface area contributed by atoms with Gasteiger partial charge in [-0.15, -0.1) is 0 Å². The normalized spacial score (nSPS) is 11.9. The zero-order valence-electron chi connectivity index (χ0n) is 15.4. The molecule has 4 N–H and O–H groups in total. The molecule has 0 spiro atoms. The third kappa shape index (κ3) is 6.94. The zero-order valence-corrected chi connectivity index (χ0v) is 15.4. The molecule has 0 bridgehead atoms. The quantitative estimate of drug-likeness (QED) is 0.479. The molecule has 0 saturated heterocycles. The van der Waals surface area contributed by atoms with E-state index in [0.29, 0.717) is 11.1 Å². The van der Waals surface area contributed by atoms with Gasteiger partial charge in [-0.05, 0) is 30.2 Å². The van der Waals surface area contributed by atoms with Crippen LogP contribution in [0.15, 0.2) is 66.4 Å². The summed E-state index contributed by atoms with van der Waals surface area (Å²) in [7, 11) is 0. The van der Waals surface area contributed by atoms with Crippen molar-refractivity contribution in [2.75, 3.05) is 0 Å². The van der Waals surface area contributed by atoms with Crippen LogP contribution >= 0.6 is 0 Å². The van der Waals surface area contributed by atoms with E-state index in [4.69, 9.17) is 5.11 Å².